The zero-order chi connectivity index (χ0) is 10.5. The van der Waals surface area contributed by atoms with E-state index >= 15 is 0 Å². The van der Waals surface area contributed by atoms with E-state index in [1.54, 1.807) is 0 Å². The zero-order valence-corrected chi connectivity index (χ0v) is 10.4. The number of piperidine rings is 1. The molecule has 0 aromatic heterocycles. The van der Waals surface area contributed by atoms with Crippen molar-refractivity contribution in [3.63, 3.8) is 0 Å². The molecule has 1 fully saturated rings. The van der Waals surface area contributed by atoms with Crippen LogP contribution in [0.5, 0.6) is 0 Å². The van der Waals surface area contributed by atoms with E-state index in [0.717, 1.165) is 17.0 Å². The van der Waals surface area contributed by atoms with E-state index in [1.165, 1.54) is 45.2 Å². The normalized spacial score (nSPS) is 27.8. The Labute approximate surface area is 96.7 Å². The summed E-state index contributed by atoms with van der Waals surface area (Å²) in [6.07, 6.45) is 6.59. The predicted molar refractivity (Wildman–Crippen MR) is 67.1 cm³/mol. The van der Waals surface area contributed by atoms with Crippen LogP contribution >= 0.6 is 11.8 Å². The first kappa shape index (κ1) is 11.3. The Bertz CT molecular complexity index is 224. The van der Waals surface area contributed by atoms with E-state index in [0.29, 0.717) is 0 Å². The smallest absolute Gasteiger partial charge is 0.171 e. The number of amidine groups is 1. The molecule has 2 rings (SSSR count). The quantitative estimate of drug-likeness (QED) is 0.801. The Morgan fingerprint density at radius 2 is 2.20 bits per heavy atom. The maximum absolute atomic E-state index is 4.56. The highest BCUT2D eigenvalue weighted by Crippen LogP contribution is 2.23. The van der Waals surface area contributed by atoms with Gasteiger partial charge in [0.1, 0.15) is 0 Å². The van der Waals surface area contributed by atoms with Crippen molar-refractivity contribution in [2.45, 2.75) is 44.3 Å². The maximum Gasteiger partial charge on any atom is 0.171 e. The van der Waals surface area contributed by atoms with Gasteiger partial charge in [-0.25, -0.2) is 5.01 Å². The van der Waals surface area contributed by atoms with Gasteiger partial charge < -0.3 is 0 Å². The molecule has 0 saturated carbocycles. The minimum absolute atomic E-state index is 0.724. The SMILES string of the molecule is CCCC1CN=C(NN2CCCCC2)S1. The van der Waals surface area contributed by atoms with Gasteiger partial charge >= 0.3 is 0 Å². The number of hydrogen-bond donors (Lipinski definition) is 1. The largest absolute Gasteiger partial charge is 0.298 e. The standard InChI is InChI=1S/C11H21N3S/c1-2-6-10-9-12-11(15-10)13-14-7-4-3-5-8-14/h10H,2-9H2,1H3,(H,12,13). The van der Waals surface area contributed by atoms with Gasteiger partial charge in [-0.1, -0.05) is 31.5 Å². The number of hydrazine groups is 1. The number of rotatable bonds is 3. The molecule has 4 heteroatoms. The molecule has 86 valence electrons. The lowest BCUT2D eigenvalue weighted by atomic mass is 10.2. The highest BCUT2D eigenvalue weighted by atomic mass is 32.2. The van der Waals surface area contributed by atoms with Crippen molar-refractivity contribution in [2.24, 2.45) is 4.99 Å². The van der Waals surface area contributed by atoms with Gasteiger partial charge in [-0.15, -0.1) is 0 Å². The molecule has 0 aromatic rings. The zero-order valence-electron chi connectivity index (χ0n) is 9.54. The van der Waals surface area contributed by atoms with Crippen LogP contribution in [0, 0.1) is 0 Å². The molecule has 1 unspecified atom stereocenters. The Balaban J connectivity index is 1.71. The van der Waals surface area contributed by atoms with E-state index in [4.69, 9.17) is 0 Å². The third-order valence-corrected chi connectivity index (χ3v) is 4.10. The van der Waals surface area contributed by atoms with Crippen molar-refractivity contribution in [3.05, 3.63) is 0 Å². The second-order valence-electron chi connectivity index (χ2n) is 4.33. The highest BCUT2D eigenvalue weighted by Gasteiger charge is 2.20. The summed E-state index contributed by atoms with van der Waals surface area (Å²) in [5, 5.41) is 4.20. The van der Waals surface area contributed by atoms with E-state index < -0.39 is 0 Å². The van der Waals surface area contributed by atoms with E-state index in [1.807, 2.05) is 11.8 Å². The van der Waals surface area contributed by atoms with Gasteiger partial charge in [-0.2, -0.15) is 0 Å². The third kappa shape index (κ3) is 3.38. The van der Waals surface area contributed by atoms with Gasteiger partial charge in [-0.3, -0.25) is 10.4 Å². The Hall–Kier alpha value is -0.220. The first-order valence-corrected chi connectivity index (χ1v) is 6.99. The average molecular weight is 227 g/mol. The van der Waals surface area contributed by atoms with Crippen LogP contribution in [0.25, 0.3) is 0 Å². The molecule has 2 aliphatic heterocycles. The lowest BCUT2D eigenvalue weighted by Gasteiger charge is -2.27. The topological polar surface area (TPSA) is 27.6 Å². The van der Waals surface area contributed by atoms with Crippen LogP contribution in [-0.2, 0) is 0 Å². The molecule has 1 atom stereocenters. The summed E-state index contributed by atoms with van der Waals surface area (Å²) < 4.78 is 0. The van der Waals surface area contributed by atoms with Crippen LogP contribution in [0.3, 0.4) is 0 Å². The minimum Gasteiger partial charge on any atom is -0.298 e. The molecule has 0 aromatic carbocycles. The molecule has 0 radical (unpaired) electrons. The first-order valence-electron chi connectivity index (χ1n) is 6.11. The molecule has 0 aliphatic carbocycles. The third-order valence-electron chi connectivity index (χ3n) is 2.94. The van der Waals surface area contributed by atoms with Crippen LogP contribution in [0.4, 0.5) is 0 Å². The number of hydrogen-bond acceptors (Lipinski definition) is 4. The van der Waals surface area contributed by atoms with Crippen molar-refractivity contribution in [1.29, 1.82) is 0 Å². The van der Waals surface area contributed by atoms with Crippen LogP contribution in [0.2, 0.25) is 0 Å². The van der Waals surface area contributed by atoms with Crippen LogP contribution in [0.15, 0.2) is 4.99 Å². The first-order chi connectivity index (χ1) is 7.38. The van der Waals surface area contributed by atoms with Crippen LogP contribution < -0.4 is 5.43 Å². The fraction of sp³-hybridized carbons (Fsp3) is 0.909. The molecule has 2 aliphatic rings. The highest BCUT2D eigenvalue weighted by molar-refractivity contribution is 8.14. The molecule has 1 saturated heterocycles. The minimum atomic E-state index is 0.724. The second kappa shape index (κ2) is 5.75. The van der Waals surface area contributed by atoms with Crippen molar-refractivity contribution in [3.8, 4) is 0 Å². The lowest BCUT2D eigenvalue weighted by Crippen LogP contribution is -2.43. The van der Waals surface area contributed by atoms with Gasteiger partial charge in [0, 0.05) is 18.3 Å². The number of nitrogens with one attached hydrogen (secondary N) is 1. The molecule has 3 nitrogen and oxygen atoms in total. The lowest BCUT2D eigenvalue weighted by molar-refractivity contribution is 0.196. The summed E-state index contributed by atoms with van der Waals surface area (Å²) in [5.74, 6) is 0. The summed E-state index contributed by atoms with van der Waals surface area (Å²) in [5.41, 5.74) is 3.45. The average Bonchev–Trinajstić information content (AvgIpc) is 2.68. The van der Waals surface area contributed by atoms with E-state index in [9.17, 15) is 0 Å². The van der Waals surface area contributed by atoms with Crippen molar-refractivity contribution >= 4 is 16.9 Å². The summed E-state index contributed by atoms with van der Waals surface area (Å²) in [4.78, 5) is 4.56. The van der Waals surface area contributed by atoms with Crippen molar-refractivity contribution in [2.75, 3.05) is 19.6 Å². The molecule has 0 bridgehead atoms. The van der Waals surface area contributed by atoms with E-state index in [-0.39, 0.29) is 0 Å². The summed E-state index contributed by atoms with van der Waals surface area (Å²) in [6.45, 7) is 5.61. The molecular formula is C11H21N3S. The number of nitrogens with zero attached hydrogens (tertiary/aromatic N) is 2. The van der Waals surface area contributed by atoms with Crippen LogP contribution in [-0.4, -0.2) is 35.1 Å². The Morgan fingerprint density at radius 1 is 1.40 bits per heavy atom. The predicted octanol–water partition coefficient (Wildman–Crippen LogP) is 2.25. The fourth-order valence-corrected chi connectivity index (χ4v) is 3.24. The maximum atomic E-state index is 4.56. The summed E-state index contributed by atoms with van der Waals surface area (Å²) >= 11 is 1.93. The number of thioether (sulfide) groups is 1. The summed E-state index contributed by atoms with van der Waals surface area (Å²) in [7, 11) is 0. The molecular weight excluding hydrogens is 206 g/mol. The molecule has 0 spiro atoms. The molecule has 2 heterocycles. The van der Waals surface area contributed by atoms with Crippen molar-refractivity contribution in [1.82, 2.24) is 10.4 Å². The molecule has 0 amide bonds. The second-order valence-corrected chi connectivity index (χ2v) is 5.62. The van der Waals surface area contributed by atoms with Crippen LogP contribution in [0.1, 0.15) is 39.0 Å². The van der Waals surface area contributed by atoms with E-state index in [2.05, 4.69) is 22.4 Å². The van der Waals surface area contributed by atoms with Gasteiger partial charge in [0.15, 0.2) is 5.17 Å². The van der Waals surface area contributed by atoms with Gasteiger partial charge in [0.05, 0.1) is 6.54 Å². The van der Waals surface area contributed by atoms with Gasteiger partial charge in [-0.05, 0) is 19.3 Å². The van der Waals surface area contributed by atoms with Gasteiger partial charge in [0.2, 0.25) is 0 Å². The van der Waals surface area contributed by atoms with Crippen molar-refractivity contribution < 1.29 is 0 Å². The van der Waals surface area contributed by atoms with Gasteiger partial charge in [0.25, 0.3) is 0 Å². The fourth-order valence-electron chi connectivity index (χ4n) is 2.09. The molecule has 15 heavy (non-hydrogen) atoms. The number of aliphatic imine (C=N–C) groups is 1. The monoisotopic (exact) mass is 227 g/mol. The molecule has 1 N–H and O–H groups in total. The summed E-state index contributed by atoms with van der Waals surface area (Å²) in [6, 6.07) is 0. The Morgan fingerprint density at radius 3 is 2.93 bits per heavy atom. The Kier molecular flexibility index (Phi) is 4.32.